The Bertz CT molecular complexity index is 1070. The van der Waals surface area contributed by atoms with Gasteiger partial charge in [-0.1, -0.05) is 23.9 Å². The maximum Gasteiger partial charge on any atom is 0.338 e. The molecule has 1 saturated heterocycles. The van der Waals surface area contributed by atoms with E-state index < -0.39 is 12.0 Å². The monoisotopic (exact) mass is 484 g/mol. The summed E-state index contributed by atoms with van der Waals surface area (Å²) in [4.78, 5) is 37.1. The minimum absolute atomic E-state index is 0.0572. The zero-order chi connectivity index (χ0) is 24.4. The quantitative estimate of drug-likeness (QED) is 0.549. The number of amides is 1. The fourth-order valence-electron chi connectivity index (χ4n) is 4.68. The minimum atomic E-state index is -0.460. The van der Waals surface area contributed by atoms with E-state index in [2.05, 4.69) is 11.9 Å². The number of thioether (sulfide) groups is 1. The van der Waals surface area contributed by atoms with Crippen LogP contribution >= 0.6 is 11.8 Å². The molecule has 1 amide bonds. The summed E-state index contributed by atoms with van der Waals surface area (Å²) in [5.74, 6) is 0.354. The topological polar surface area (TPSA) is 74.7 Å². The Morgan fingerprint density at radius 1 is 1.32 bits per heavy atom. The third-order valence-electron chi connectivity index (χ3n) is 6.55. The normalized spacial score (nSPS) is 22.3. The first-order chi connectivity index (χ1) is 16.3. The molecule has 0 radical (unpaired) electrons. The van der Waals surface area contributed by atoms with Crippen molar-refractivity contribution in [3.05, 3.63) is 52.2 Å². The molecule has 4 rings (SSSR count). The number of methoxy groups -OCH3 is 1. The van der Waals surface area contributed by atoms with Gasteiger partial charge in [-0.05, 0) is 57.0 Å². The second kappa shape index (κ2) is 10.2. The number of carbonyl (C=O) groups excluding carboxylic acids is 2. The van der Waals surface area contributed by atoms with Crippen molar-refractivity contribution < 1.29 is 19.1 Å². The van der Waals surface area contributed by atoms with E-state index in [0.717, 1.165) is 35.9 Å². The van der Waals surface area contributed by atoms with Crippen LogP contribution in [0.2, 0.25) is 0 Å². The van der Waals surface area contributed by atoms with E-state index in [1.807, 2.05) is 53.4 Å². The van der Waals surface area contributed by atoms with Crippen molar-refractivity contribution in [1.82, 2.24) is 14.7 Å². The number of aliphatic imine (C=N–C) groups is 1. The Kier molecular flexibility index (Phi) is 7.33. The fourth-order valence-corrected chi connectivity index (χ4v) is 5.64. The van der Waals surface area contributed by atoms with Crippen LogP contribution in [-0.4, -0.2) is 78.7 Å². The van der Waals surface area contributed by atoms with E-state index >= 15 is 0 Å². The van der Waals surface area contributed by atoms with Crippen LogP contribution in [0.3, 0.4) is 0 Å². The van der Waals surface area contributed by atoms with Crippen LogP contribution < -0.4 is 4.74 Å². The first kappa shape index (κ1) is 24.3. The maximum atomic E-state index is 13.3. The number of ether oxygens (including phenoxy) is 2. The van der Waals surface area contributed by atoms with Crippen LogP contribution in [0.1, 0.15) is 38.3 Å². The maximum absolute atomic E-state index is 13.3. The summed E-state index contributed by atoms with van der Waals surface area (Å²) in [6.45, 7) is 5.77. The predicted octanol–water partition coefficient (Wildman–Crippen LogP) is 3.39. The average molecular weight is 485 g/mol. The number of nitrogens with zero attached hydrogens (tertiary/aromatic N) is 4. The van der Waals surface area contributed by atoms with Gasteiger partial charge < -0.3 is 24.2 Å². The Morgan fingerprint density at radius 3 is 2.79 bits per heavy atom. The highest BCUT2D eigenvalue weighted by atomic mass is 32.2. The van der Waals surface area contributed by atoms with Crippen LogP contribution in [0.5, 0.6) is 5.75 Å². The Morgan fingerprint density at radius 2 is 2.12 bits per heavy atom. The molecule has 8 nitrogen and oxygen atoms in total. The molecule has 1 aromatic carbocycles. The molecule has 3 aliphatic heterocycles. The summed E-state index contributed by atoms with van der Waals surface area (Å²) in [7, 11) is 5.58. The summed E-state index contributed by atoms with van der Waals surface area (Å²) in [6, 6.07) is 7.41. The van der Waals surface area contributed by atoms with E-state index in [-0.39, 0.29) is 25.0 Å². The number of allylic oxidation sites excluding steroid dienone is 1. The van der Waals surface area contributed by atoms with Gasteiger partial charge in [0, 0.05) is 25.3 Å². The molecule has 0 saturated carbocycles. The largest absolute Gasteiger partial charge is 0.497 e. The lowest BCUT2D eigenvalue weighted by Crippen LogP contribution is -2.41. The number of likely N-dealkylation sites (N-methyl/N-ethyl adjacent to an activating group) is 2. The smallest absolute Gasteiger partial charge is 0.338 e. The number of hydrogen-bond donors (Lipinski definition) is 0. The van der Waals surface area contributed by atoms with Crippen LogP contribution in [0, 0.1) is 0 Å². The molecule has 0 spiro atoms. The average Bonchev–Trinajstić information content (AvgIpc) is 3.43. The van der Waals surface area contributed by atoms with Gasteiger partial charge >= 0.3 is 5.97 Å². The van der Waals surface area contributed by atoms with Crippen molar-refractivity contribution in [3.63, 3.8) is 0 Å². The van der Waals surface area contributed by atoms with E-state index in [0.29, 0.717) is 17.0 Å². The van der Waals surface area contributed by atoms with Gasteiger partial charge in [0.1, 0.15) is 5.75 Å². The number of fused-ring (bicyclic) bond motifs is 1. The van der Waals surface area contributed by atoms with Gasteiger partial charge in [0.2, 0.25) is 5.91 Å². The molecule has 0 aliphatic carbocycles. The predicted molar refractivity (Wildman–Crippen MR) is 133 cm³/mol. The molecule has 9 heteroatoms. The summed E-state index contributed by atoms with van der Waals surface area (Å²) in [5.41, 5.74) is 2.80. The van der Waals surface area contributed by atoms with Crippen LogP contribution in [0.25, 0.3) is 0 Å². The van der Waals surface area contributed by atoms with Crippen LogP contribution in [0.4, 0.5) is 0 Å². The number of rotatable bonds is 7. The van der Waals surface area contributed by atoms with Gasteiger partial charge in [-0.3, -0.25) is 4.79 Å². The summed E-state index contributed by atoms with van der Waals surface area (Å²) >= 11 is 1.48. The lowest BCUT2D eigenvalue weighted by atomic mass is 9.93. The number of likely N-dealkylation sites (tertiary alicyclic amines) is 1. The van der Waals surface area contributed by atoms with E-state index in [9.17, 15) is 9.59 Å². The second-order valence-corrected chi connectivity index (χ2v) is 9.61. The molecule has 3 aliphatic rings. The van der Waals surface area contributed by atoms with E-state index in [1.54, 1.807) is 14.0 Å². The van der Waals surface area contributed by atoms with Gasteiger partial charge in [-0.2, -0.15) is 0 Å². The van der Waals surface area contributed by atoms with Gasteiger partial charge in [-0.25, -0.2) is 9.79 Å². The van der Waals surface area contributed by atoms with Gasteiger partial charge in [0.05, 0.1) is 37.4 Å². The molecule has 0 aromatic heterocycles. The molecule has 2 atom stereocenters. The fraction of sp³-hybridized carbons (Fsp3) is 0.480. The van der Waals surface area contributed by atoms with Crippen molar-refractivity contribution in [2.24, 2.45) is 4.99 Å². The van der Waals surface area contributed by atoms with Crippen LogP contribution in [0.15, 0.2) is 51.6 Å². The lowest BCUT2D eigenvalue weighted by Gasteiger charge is -2.37. The summed E-state index contributed by atoms with van der Waals surface area (Å²) in [5, 5.41) is 2.73. The van der Waals surface area contributed by atoms with Gasteiger partial charge in [0.15, 0.2) is 5.17 Å². The molecule has 182 valence electrons. The Balaban J connectivity index is 1.67. The van der Waals surface area contributed by atoms with Crippen molar-refractivity contribution in [3.8, 4) is 5.75 Å². The molecule has 1 fully saturated rings. The van der Waals surface area contributed by atoms with Crippen molar-refractivity contribution >= 4 is 28.8 Å². The molecule has 0 N–H and O–H groups in total. The molecular formula is C25H32N4O4S. The highest BCUT2D eigenvalue weighted by Gasteiger charge is 2.41. The molecule has 2 unspecified atom stereocenters. The van der Waals surface area contributed by atoms with Gasteiger partial charge in [0.25, 0.3) is 0 Å². The number of amidine groups is 1. The highest BCUT2D eigenvalue weighted by Crippen LogP contribution is 2.45. The zero-order valence-electron chi connectivity index (χ0n) is 20.4. The SMILES string of the molecule is CCOC(=O)C1=C(C)N=C2SC=C(CC(=O)N(C)C3CCN(C)C3)N2C1c1cccc(OC)c1. The minimum Gasteiger partial charge on any atom is -0.497 e. The summed E-state index contributed by atoms with van der Waals surface area (Å²) in [6.07, 6.45) is 1.21. The number of esters is 1. The highest BCUT2D eigenvalue weighted by molar-refractivity contribution is 8.16. The molecular weight excluding hydrogens is 452 g/mol. The van der Waals surface area contributed by atoms with Crippen molar-refractivity contribution in [2.75, 3.05) is 40.9 Å². The van der Waals surface area contributed by atoms with Crippen molar-refractivity contribution in [1.29, 1.82) is 0 Å². The zero-order valence-corrected chi connectivity index (χ0v) is 21.2. The van der Waals surface area contributed by atoms with E-state index in [4.69, 9.17) is 14.5 Å². The van der Waals surface area contributed by atoms with E-state index in [1.165, 1.54) is 11.8 Å². The van der Waals surface area contributed by atoms with Crippen LogP contribution in [-0.2, 0) is 14.3 Å². The first-order valence-electron chi connectivity index (χ1n) is 11.5. The third kappa shape index (κ3) is 4.72. The molecule has 1 aromatic rings. The number of hydrogen-bond acceptors (Lipinski definition) is 8. The second-order valence-electron chi connectivity index (χ2n) is 8.78. The summed E-state index contributed by atoms with van der Waals surface area (Å²) < 4.78 is 10.9. The standard InChI is InChI=1S/C25H32N4O4S/c1-6-33-24(31)22-16(2)26-25-29(23(22)17-8-7-9-20(12-17)32-5)19(15-34-25)13-21(30)28(4)18-10-11-27(3)14-18/h7-9,12,15,18,23H,6,10-11,13-14H2,1-5H3. The van der Waals surface area contributed by atoms with Crippen molar-refractivity contribution in [2.45, 2.75) is 38.8 Å². The number of benzene rings is 1. The molecule has 0 bridgehead atoms. The lowest BCUT2D eigenvalue weighted by molar-refractivity contribution is -0.139. The first-order valence-corrected chi connectivity index (χ1v) is 12.4. The van der Waals surface area contributed by atoms with Gasteiger partial charge in [-0.15, -0.1) is 0 Å². The Labute approximate surface area is 205 Å². The molecule has 34 heavy (non-hydrogen) atoms. The molecule has 3 heterocycles. The number of carbonyl (C=O) groups is 2. The third-order valence-corrected chi connectivity index (χ3v) is 7.43. The Hall–Kier alpha value is -2.78.